The molecule has 0 unspecified atom stereocenters. The number of carboxylic acid groups (broad SMARTS) is 1. The van der Waals surface area contributed by atoms with Crippen molar-refractivity contribution in [3.05, 3.63) is 95.7 Å². The fraction of sp³-hybridized carbons (Fsp3) is 0.571. The van der Waals surface area contributed by atoms with Crippen LogP contribution in [0.4, 0.5) is 11.4 Å². The lowest BCUT2D eigenvalue weighted by Crippen LogP contribution is -2.32. The SMILES string of the molecule is CCCCCCCCCCC1(CCCCCCCCCC)C(=CC=CC=CC2=[N+](CCOC=O)c3ccccc3C2(C)C)N(CCC(=O)O)c2ccccc21. The van der Waals surface area contributed by atoms with E-state index < -0.39 is 5.97 Å². The van der Waals surface area contributed by atoms with Gasteiger partial charge in [-0.3, -0.25) is 9.59 Å². The monoisotopic (exact) mass is 752 g/mol. The maximum absolute atomic E-state index is 12.0. The van der Waals surface area contributed by atoms with Crippen LogP contribution in [-0.2, 0) is 25.2 Å². The molecule has 2 aliphatic heterocycles. The first kappa shape index (κ1) is 43.8. The molecule has 2 heterocycles. The standard InChI is InChI=1S/C49H70N2O4/c1-5-7-9-11-13-15-17-26-35-49(36-27-18-16-14-12-10-8-6-2)42-29-23-25-31-44(42)50(37-34-47(53)54)46(49)33-21-19-20-32-45-48(3,4)41-28-22-24-30-43(41)51(45)38-39-55-40-52/h19-25,28-33,40H,5-18,26-27,34-39H2,1-4H3/p+1. The zero-order chi connectivity index (χ0) is 39.4. The summed E-state index contributed by atoms with van der Waals surface area (Å²) in [6.45, 7) is 10.9. The number of anilines is 1. The van der Waals surface area contributed by atoms with Crippen molar-refractivity contribution < 1.29 is 24.0 Å². The fourth-order valence-electron chi connectivity index (χ4n) is 9.04. The molecule has 0 radical (unpaired) electrons. The van der Waals surface area contributed by atoms with E-state index in [-0.39, 0.29) is 17.3 Å². The van der Waals surface area contributed by atoms with Gasteiger partial charge in [-0.15, -0.1) is 0 Å². The van der Waals surface area contributed by atoms with E-state index in [0.717, 1.165) is 24.2 Å². The maximum atomic E-state index is 12.0. The number of ether oxygens (including phenoxy) is 1. The molecule has 0 aliphatic carbocycles. The molecule has 0 saturated carbocycles. The Hall–Kier alpha value is -3.93. The lowest BCUT2D eigenvalue weighted by atomic mass is 9.71. The molecule has 0 fully saturated rings. The largest absolute Gasteiger partial charge is 0.481 e. The highest BCUT2D eigenvalue weighted by Gasteiger charge is 2.46. The summed E-state index contributed by atoms with van der Waals surface area (Å²) in [5.41, 5.74) is 7.02. The highest BCUT2D eigenvalue weighted by molar-refractivity contribution is 6.03. The lowest BCUT2D eigenvalue weighted by Gasteiger charge is -2.34. The van der Waals surface area contributed by atoms with E-state index in [2.05, 4.69) is 116 Å². The molecule has 6 heteroatoms. The molecule has 0 saturated heterocycles. The molecular weight excluding hydrogens is 681 g/mol. The highest BCUT2D eigenvalue weighted by atomic mass is 16.5. The molecule has 0 bridgehead atoms. The molecule has 55 heavy (non-hydrogen) atoms. The van der Waals surface area contributed by atoms with Gasteiger partial charge in [0.05, 0.1) is 11.8 Å². The first-order valence-corrected chi connectivity index (χ1v) is 21.8. The number of carbonyl (C=O) groups excluding carboxylic acids is 1. The molecule has 1 N–H and O–H groups in total. The second-order valence-corrected chi connectivity index (χ2v) is 16.3. The third-order valence-electron chi connectivity index (χ3n) is 12.0. The number of allylic oxidation sites excluding steroid dienone is 6. The summed E-state index contributed by atoms with van der Waals surface area (Å²) >= 11 is 0. The van der Waals surface area contributed by atoms with Crippen LogP contribution in [0.1, 0.15) is 161 Å². The van der Waals surface area contributed by atoms with Gasteiger partial charge in [-0.05, 0) is 44.4 Å². The normalized spacial score (nSPS) is 16.4. The van der Waals surface area contributed by atoms with Crippen LogP contribution in [0.2, 0.25) is 0 Å². The second-order valence-electron chi connectivity index (χ2n) is 16.3. The molecule has 2 aromatic carbocycles. The molecule has 0 amide bonds. The summed E-state index contributed by atoms with van der Waals surface area (Å²) in [4.78, 5) is 25.3. The molecule has 4 rings (SSSR count). The fourth-order valence-corrected chi connectivity index (χ4v) is 9.04. The number of aliphatic carboxylic acids is 1. The van der Waals surface area contributed by atoms with Gasteiger partial charge in [0.25, 0.3) is 6.47 Å². The van der Waals surface area contributed by atoms with Crippen LogP contribution in [0.5, 0.6) is 0 Å². The summed E-state index contributed by atoms with van der Waals surface area (Å²) < 4.78 is 7.38. The molecule has 0 spiro atoms. The van der Waals surface area contributed by atoms with Crippen molar-refractivity contribution in [2.45, 2.75) is 161 Å². The first-order chi connectivity index (χ1) is 26.8. The van der Waals surface area contributed by atoms with Gasteiger partial charge < -0.3 is 14.7 Å². The molecule has 2 aliphatic rings. The van der Waals surface area contributed by atoms with Crippen molar-refractivity contribution in [2.75, 3.05) is 24.6 Å². The molecule has 2 aromatic rings. The van der Waals surface area contributed by atoms with Gasteiger partial charge in [-0.25, -0.2) is 0 Å². The van der Waals surface area contributed by atoms with E-state index in [1.165, 1.54) is 125 Å². The number of unbranched alkanes of at least 4 members (excludes halogenated alkanes) is 14. The van der Waals surface area contributed by atoms with E-state index in [4.69, 9.17) is 4.74 Å². The average Bonchev–Trinajstić information content (AvgIpc) is 3.56. The van der Waals surface area contributed by atoms with Gasteiger partial charge in [0.1, 0.15) is 6.61 Å². The number of para-hydroxylation sites is 2. The molecular formula is C49H71N2O4+. The maximum Gasteiger partial charge on any atom is 0.305 e. The molecule has 0 aromatic heterocycles. The number of hydrogen-bond acceptors (Lipinski definition) is 4. The van der Waals surface area contributed by atoms with Gasteiger partial charge in [-0.2, -0.15) is 4.58 Å². The average molecular weight is 752 g/mol. The third kappa shape index (κ3) is 12.0. The van der Waals surface area contributed by atoms with Crippen molar-refractivity contribution in [1.82, 2.24) is 0 Å². The van der Waals surface area contributed by atoms with E-state index >= 15 is 0 Å². The minimum atomic E-state index is -0.765. The van der Waals surface area contributed by atoms with Gasteiger partial charge in [0, 0.05) is 41.1 Å². The molecule has 300 valence electrons. The van der Waals surface area contributed by atoms with E-state index in [1.54, 1.807) is 0 Å². The second kappa shape index (κ2) is 23.2. The predicted octanol–water partition coefficient (Wildman–Crippen LogP) is 12.5. The number of nitrogens with zero attached hydrogens (tertiary/aromatic N) is 2. The van der Waals surface area contributed by atoms with Crippen molar-refractivity contribution in [1.29, 1.82) is 0 Å². The Morgan fingerprint density at radius 2 is 1.31 bits per heavy atom. The number of benzene rings is 2. The Morgan fingerprint density at radius 1 is 0.745 bits per heavy atom. The van der Waals surface area contributed by atoms with Crippen LogP contribution in [0.3, 0.4) is 0 Å². The predicted molar refractivity (Wildman–Crippen MR) is 230 cm³/mol. The van der Waals surface area contributed by atoms with Crippen LogP contribution in [0.25, 0.3) is 0 Å². The Balaban J connectivity index is 1.65. The Bertz CT molecular complexity index is 1600. The summed E-state index contributed by atoms with van der Waals surface area (Å²) in [7, 11) is 0. The summed E-state index contributed by atoms with van der Waals surface area (Å²) in [6.07, 6.45) is 33.7. The van der Waals surface area contributed by atoms with Gasteiger partial charge >= 0.3 is 5.97 Å². The number of rotatable bonds is 28. The van der Waals surface area contributed by atoms with E-state index in [1.807, 2.05) is 0 Å². The highest BCUT2D eigenvalue weighted by Crippen LogP contribution is 2.54. The quantitative estimate of drug-likeness (QED) is 0.0406. The summed E-state index contributed by atoms with van der Waals surface area (Å²) in [6, 6.07) is 17.3. The third-order valence-corrected chi connectivity index (χ3v) is 12.0. The summed E-state index contributed by atoms with van der Waals surface area (Å²) in [5.74, 6) is -0.765. The number of hydrogen-bond donors (Lipinski definition) is 1. The topological polar surface area (TPSA) is 69.9 Å². The lowest BCUT2D eigenvalue weighted by molar-refractivity contribution is -0.440. The Kier molecular flexibility index (Phi) is 18.5. The van der Waals surface area contributed by atoms with Crippen LogP contribution >= 0.6 is 0 Å². The minimum absolute atomic E-state index is 0.0957. The first-order valence-electron chi connectivity index (χ1n) is 21.8. The van der Waals surface area contributed by atoms with E-state index in [0.29, 0.717) is 26.2 Å². The van der Waals surface area contributed by atoms with Gasteiger partial charge in [0.2, 0.25) is 5.69 Å². The van der Waals surface area contributed by atoms with Crippen molar-refractivity contribution in [3.63, 3.8) is 0 Å². The Labute approximate surface area is 333 Å². The van der Waals surface area contributed by atoms with Crippen molar-refractivity contribution in [2.24, 2.45) is 0 Å². The number of fused-ring (bicyclic) bond motifs is 2. The van der Waals surface area contributed by atoms with Crippen molar-refractivity contribution >= 4 is 29.5 Å². The van der Waals surface area contributed by atoms with Crippen LogP contribution in [0, 0.1) is 0 Å². The van der Waals surface area contributed by atoms with Crippen LogP contribution in [0.15, 0.2) is 84.6 Å². The number of carbonyl (C=O) groups is 2. The van der Waals surface area contributed by atoms with E-state index in [9.17, 15) is 14.7 Å². The van der Waals surface area contributed by atoms with Crippen LogP contribution < -0.4 is 4.90 Å². The molecule has 0 atom stereocenters. The Morgan fingerprint density at radius 3 is 1.91 bits per heavy atom. The zero-order valence-corrected chi connectivity index (χ0v) is 34.7. The van der Waals surface area contributed by atoms with Crippen molar-refractivity contribution in [3.8, 4) is 0 Å². The van der Waals surface area contributed by atoms with Gasteiger partial charge in [-0.1, -0.05) is 171 Å². The summed E-state index contributed by atoms with van der Waals surface area (Å²) in [5, 5.41) is 9.84. The zero-order valence-electron chi connectivity index (χ0n) is 34.7. The van der Waals surface area contributed by atoms with Crippen LogP contribution in [-0.4, -0.2) is 47.5 Å². The molecule has 6 nitrogen and oxygen atoms in total. The van der Waals surface area contributed by atoms with Gasteiger partial charge in [0.15, 0.2) is 12.3 Å². The number of carboxylic acids is 1. The smallest absolute Gasteiger partial charge is 0.305 e. The minimum Gasteiger partial charge on any atom is -0.481 e.